The van der Waals surface area contributed by atoms with Crippen molar-refractivity contribution in [2.45, 2.75) is 40.2 Å². The summed E-state index contributed by atoms with van der Waals surface area (Å²) in [6.45, 7) is 6.27. The average Bonchev–Trinajstić information content (AvgIpc) is 2.79. The molecule has 0 saturated carbocycles. The Bertz CT molecular complexity index is 1340. The summed E-state index contributed by atoms with van der Waals surface area (Å²) >= 11 is 0. The number of carbonyl (C=O) groups is 1. The molecule has 0 aliphatic heterocycles. The molecule has 0 unspecified atom stereocenters. The normalized spacial score (nSPS) is 11.1. The van der Waals surface area contributed by atoms with Crippen LogP contribution in [0.1, 0.15) is 35.6 Å². The van der Waals surface area contributed by atoms with Gasteiger partial charge < -0.3 is 13.9 Å². The van der Waals surface area contributed by atoms with Gasteiger partial charge in [-0.1, -0.05) is 42.5 Å². The Labute approximate surface area is 186 Å². The molecule has 0 saturated heterocycles. The number of ether oxygens (including phenoxy) is 2. The smallest absolute Gasteiger partial charge is 0.339 e. The molecule has 0 aliphatic carbocycles. The first kappa shape index (κ1) is 21.6. The van der Waals surface area contributed by atoms with E-state index in [0.29, 0.717) is 36.5 Å². The fourth-order valence-electron chi connectivity index (χ4n) is 4.05. The molecule has 0 bridgehead atoms. The predicted molar refractivity (Wildman–Crippen MR) is 125 cm³/mol. The van der Waals surface area contributed by atoms with E-state index < -0.39 is 5.63 Å². The van der Waals surface area contributed by atoms with Gasteiger partial charge in [-0.15, -0.1) is 0 Å². The summed E-state index contributed by atoms with van der Waals surface area (Å²) in [5, 5.41) is 3.17. The molecule has 32 heavy (non-hydrogen) atoms. The Hall–Kier alpha value is -3.60. The van der Waals surface area contributed by atoms with Crippen molar-refractivity contribution in [2.24, 2.45) is 0 Å². The van der Waals surface area contributed by atoms with Crippen LogP contribution in [0.2, 0.25) is 0 Å². The van der Waals surface area contributed by atoms with Crippen molar-refractivity contribution in [2.75, 3.05) is 6.61 Å². The van der Waals surface area contributed by atoms with Crippen LogP contribution in [0.15, 0.2) is 63.8 Å². The molecular weight excluding hydrogens is 404 g/mol. The minimum absolute atomic E-state index is 0.149. The quantitative estimate of drug-likeness (QED) is 0.280. The average molecular weight is 431 g/mol. The summed E-state index contributed by atoms with van der Waals surface area (Å²) < 4.78 is 16.8. The van der Waals surface area contributed by atoms with Crippen LogP contribution in [-0.2, 0) is 22.6 Å². The fraction of sp³-hybridized carbons (Fsp3) is 0.259. The Balaban J connectivity index is 1.62. The topological polar surface area (TPSA) is 65.7 Å². The van der Waals surface area contributed by atoms with Crippen LogP contribution < -0.4 is 10.4 Å². The number of benzene rings is 3. The molecule has 5 nitrogen and oxygen atoms in total. The third-order valence-corrected chi connectivity index (χ3v) is 5.80. The number of fused-ring (bicyclic) bond motifs is 2. The molecule has 0 amide bonds. The van der Waals surface area contributed by atoms with Gasteiger partial charge in [-0.25, -0.2) is 4.79 Å². The van der Waals surface area contributed by atoms with E-state index in [1.165, 1.54) is 5.39 Å². The van der Waals surface area contributed by atoms with Gasteiger partial charge in [0.05, 0.1) is 6.61 Å². The van der Waals surface area contributed by atoms with E-state index in [2.05, 4.69) is 24.3 Å². The van der Waals surface area contributed by atoms with Crippen molar-refractivity contribution in [3.63, 3.8) is 0 Å². The van der Waals surface area contributed by atoms with Gasteiger partial charge >= 0.3 is 11.6 Å². The number of rotatable bonds is 7. The van der Waals surface area contributed by atoms with Gasteiger partial charge in [-0.3, -0.25) is 4.79 Å². The summed E-state index contributed by atoms with van der Waals surface area (Å²) in [5.74, 6) is 0.354. The fourth-order valence-corrected chi connectivity index (χ4v) is 4.05. The summed E-state index contributed by atoms with van der Waals surface area (Å²) in [4.78, 5) is 24.4. The zero-order chi connectivity index (χ0) is 22.7. The third kappa shape index (κ3) is 4.24. The van der Waals surface area contributed by atoms with Crippen LogP contribution in [-0.4, -0.2) is 12.6 Å². The Morgan fingerprint density at radius 3 is 2.53 bits per heavy atom. The molecule has 0 fully saturated rings. The first-order chi connectivity index (χ1) is 15.5. The zero-order valence-corrected chi connectivity index (χ0v) is 18.6. The summed E-state index contributed by atoms with van der Waals surface area (Å²) in [6.07, 6.45) is 0.442. The highest BCUT2D eigenvalue weighted by Crippen LogP contribution is 2.31. The van der Waals surface area contributed by atoms with Gasteiger partial charge in [0.2, 0.25) is 0 Å². The summed E-state index contributed by atoms with van der Waals surface area (Å²) in [5.41, 5.74) is 3.30. The molecule has 0 aliphatic rings. The molecule has 1 heterocycles. The monoisotopic (exact) mass is 430 g/mol. The van der Waals surface area contributed by atoms with E-state index in [1.54, 1.807) is 6.92 Å². The standard InChI is InChI=1S/C27H26O5/c1-4-30-25(28)15-13-22-17(2)21-12-14-24(18(3)26(21)32-27(22)29)31-16-20-10-7-9-19-8-5-6-11-23(19)20/h5-12,14H,4,13,15-16H2,1-3H3. The van der Waals surface area contributed by atoms with Crippen molar-refractivity contribution < 1.29 is 18.7 Å². The number of hydrogen-bond acceptors (Lipinski definition) is 5. The van der Waals surface area contributed by atoms with Gasteiger partial charge in [0.15, 0.2) is 0 Å². The number of esters is 1. The Kier molecular flexibility index (Phi) is 6.26. The number of hydrogen-bond donors (Lipinski definition) is 0. The molecule has 1 aromatic heterocycles. The summed E-state index contributed by atoms with van der Waals surface area (Å²) in [6, 6.07) is 18.2. The minimum atomic E-state index is -0.423. The van der Waals surface area contributed by atoms with Crippen molar-refractivity contribution >= 4 is 27.7 Å². The molecule has 4 rings (SSSR count). The highest BCUT2D eigenvalue weighted by Gasteiger charge is 2.16. The molecule has 0 atom stereocenters. The first-order valence-electron chi connectivity index (χ1n) is 10.8. The van der Waals surface area contributed by atoms with Crippen LogP contribution in [0, 0.1) is 13.8 Å². The van der Waals surface area contributed by atoms with Gasteiger partial charge in [0.25, 0.3) is 0 Å². The van der Waals surface area contributed by atoms with Crippen LogP contribution >= 0.6 is 0 Å². The van der Waals surface area contributed by atoms with Gasteiger partial charge in [-0.2, -0.15) is 0 Å². The lowest BCUT2D eigenvalue weighted by atomic mass is 10.0. The van der Waals surface area contributed by atoms with E-state index in [4.69, 9.17) is 13.9 Å². The summed E-state index contributed by atoms with van der Waals surface area (Å²) in [7, 11) is 0. The van der Waals surface area contributed by atoms with E-state index in [0.717, 1.165) is 27.5 Å². The molecule has 0 spiro atoms. The lowest BCUT2D eigenvalue weighted by molar-refractivity contribution is -0.143. The molecule has 4 aromatic rings. The van der Waals surface area contributed by atoms with Crippen LogP contribution in [0.4, 0.5) is 0 Å². The number of carbonyl (C=O) groups excluding carboxylic acids is 1. The largest absolute Gasteiger partial charge is 0.488 e. The number of aryl methyl sites for hydroxylation is 2. The predicted octanol–water partition coefficient (Wildman–Crippen LogP) is 5.64. The van der Waals surface area contributed by atoms with E-state index in [1.807, 2.05) is 44.2 Å². The van der Waals surface area contributed by atoms with Crippen molar-refractivity contribution in [3.8, 4) is 5.75 Å². The molecule has 0 N–H and O–H groups in total. The van der Waals surface area contributed by atoms with Crippen LogP contribution in [0.5, 0.6) is 5.75 Å². The Morgan fingerprint density at radius 1 is 0.938 bits per heavy atom. The Morgan fingerprint density at radius 2 is 1.72 bits per heavy atom. The SMILES string of the molecule is CCOC(=O)CCc1c(C)c2ccc(OCc3cccc4ccccc34)c(C)c2oc1=O. The van der Waals surface area contributed by atoms with Crippen molar-refractivity contribution in [1.82, 2.24) is 0 Å². The molecule has 0 radical (unpaired) electrons. The second-order valence-electron chi connectivity index (χ2n) is 7.79. The van der Waals surface area contributed by atoms with E-state index in [9.17, 15) is 9.59 Å². The maximum absolute atomic E-state index is 12.7. The van der Waals surface area contributed by atoms with E-state index in [-0.39, 0.29) is 12.4 Å². The maximum Gasteiger partial charge on any atom is 0.339 e. The van der Waals surface area contributed by atoms with Crippen molar-refractivity contribution in [1.29, 1.82) is 0 Å². The lowest BCUT2D eigenvalue weighted by Gasteiger charge is -2.14. The lowest BCUT2D eigenvalue weighted by Crippen LogP contribution is -2.14. The van der Waals surface area contributed by atoms with Crippen LogP contribution in [0.25, 0.3) is 21.7 Å². The van der Waals surface area contributed by atoms with Crippen molar-refractivity contribution in [3.05, 3.63) is 87.3 Å². The van der Waals surface area contributed by atoms with Gasteiger partial charge in [0.1, 0.15) is 17.9 Å². The maximum atomic E-state index is 12.7. The van der Waals surface area contributed by atoms with E-state index >= 15 is 0 Å². The molecular formula is C27H26O5. The third-order valence-electron chi connectivity index (χ3n) is 5.80. The minimum Gasteiger partial charge on any atom is -0.488 e. The van der Waals surface area contributed by atoms with Gasteiger partial charge in [-0.05, 0) is 61.2 Å². The van der Waals surface area contributed by atoms with Crippen LogP contribution in [0.3, 0.4) is 0 Å². The second kappa shape index (κ2) is 9.27. The highest BCUT2D eigenvalue weighted by atomic mass is 16.5. The molecule has 3 aromatic carbocycles. The van der Waals surface area contributed by atoms with Gasteiger partial charge in [0, 0.05) is 22.9 Å². The molecule has 164 valence electrons. The first-order valence-corrected chi connectivity index (χ1v) is 10.8. The second-order valence-corrected chi connectivity index (χ2v) is 7.79. The zero-order valence-electron chi connectivity index (χ0n) is 18.6. The highest BCUT2D eigenvalue weighted by molar-refractivity contribution is 5.86. The molecule has 5 heteroatoms.